The highest BCUT2D eigenvalue weighted by atomic mass is 35.5. The van der Waals surface area contributed by atoms with Crippen LogP contribution in [0.4, 0.5) is 10.1 Å². The first-order valence-corrected chi connectivity index (χ1v) is 5.15. The van der Waals surface area contributed by atoms with Gasteiger partial charge in [0.2, 0.25) is 0 Å². The molecular formula is C11H12ClFN2. The van der Waals surface area contributed by atoms with E-state index < -0.39 is 5.38 Å². The Bertz CT molecular complexity index is 362. The molecule has 1 rings (SSSR count). The van der Waals surface area contributed by atoms with Crippen LogP contribution in [0.15, 0.2) is 24.3 Å². The van der Waals surface area contributed by atoms with Crippen molar-refractivity contribution in [3.05, 3.63) is 30.1 Å². The molecule has 1 unspecified atom stereocenters. The minimum Gasteiger partial charge on any atom is -0.369 e. The number of rotatable bonds is 4. The number of hydrogen-bond donors (Lipinski definition) is 0. The molecule has 0 N–H and O–H groups in total. The molecule has 0 fully saturated rings. The quantitative estimate of drug-likeness (QED) is 0.739. The number of benzene rings is 1. The molecule has 0 bridgehead atoms. The van der Waals surface area contributed by atoms with Gasteiger partial charge in [0.1, 0.15) is 11.2 Å². The summed E-state index contributed by atoms with van der Waals surface area (Å²) in [6, 6.07) is 8.21. The molecular weight excluding hydrogens is 215 g/mol. The molecule has 1 atom stereocenters. The minimum absolute atomic E-state index is 0.283. The van der Waals surface area contributed by atoms with Crippen molar-refractivity contribution in [2.75, 3.05) is 18.0 Å². The largest absolute Gasteiger partial charge is 0.369 e. The lowest BCUT2D eigenvalue weighted by Gasteiger charge is -2.23. The zero-order chi connectivity index (χ0) is 11.3. The number of anilines is 1. The van der Waals surface area contributed by atoms with Crippen molar-refractivity contribution >= 4 is 17.3 Å². The maximum atomic E-state index is 13.0. The van der Waals surface area contributed by atoms with Gasteiger partial charge in [-0.1, -0.05) is 6.07 Å². The molecule has 0 aliphatic carbocycles. The average Bonchev–Trinajstić information content (AvgIpc) is 2.25. The van der Waals surface area contributed by atoms with Crippen LogP contribution in [0.3, 0.4) is 0 Å². The summed E-state index contributed by atoms with van der Waals surface area (Å²) in [6.45, 7) is 3.03. The summed E-state index contributed by atoms with van der Waals surface area (Å²) in [7, 11) is 0. The lowest BCUT2D eigenvalue weighted by atomic mass is 10.2. The number of nitrogens with zero attached hydrogens (tertiary/aromatic N) is 2. The highest BCUT2D eigenvalue weighted by Gasteiger charge is 2.10. The fraction of sp³-hybridized carbons (Fsp3) is 0.364. The Balaban J connectivity index is 2.79. The lowest BCUT2D eigenvalue weighted by molar-refractivity contribution is 0.626. The third kappa shape index (κ3) is 3.41. The summed E-state index contributed by atoms with van der Waals surface area (Å²) in [4.78, 5) is 1.87. The Labute approximate surface area is 93.9 Å². The van der Waals surface area contributed by atoms with Crippen LogP contribution in [0.1, 0.15) is 6.92 Å². The van der Waals surface area contributed by atoms with Gasteiger partial charge in [-0.2, -0.15) is 5.26 Å². The van der Waals surface area contributed by atoms with E-state index in [2.05, 4.69) is 0 Å². The number of alkyl halides is 1. The third-order valence-electron chi connectivity index (χ3n) is 2.08. The van der Waals surface area contributed by atoms with Crippen LogP contribution >= 0.6 is 11.6 Å². The Morgan fingerprint density at radius 2 is 2.33 bits per heavy atom. The zero-order valence-electron chi connectivity index (χ0n) is 8.45. The number of halogens is 2. The van der Waals surface area contributed by atoms with Gasteiger partial charge < -0.3 is 4.90 Å². The van der Waals surface area contributed by atoms with Gasteiger partial charge >= 0.3 is 0 Å². The van der Waals surface area contributed by atoms with E-state index in [1.54, 1.807) is 12.1 Å². The highest BCUT2D eigenvalue weighted by Crippen LogP contribution is 2.16. The fourth-order valence-corrected chi connectivity index (χ4v) is 1.49. The topological polar surface area (TPSA) is 27.0 Å². The summed E-state index contributed by atoms with van der Waals surface area (Å²) in [6.07, 6.45) is 0. The van der Waals surface area contributed by atoms with Crippen molar-refractivity contribution in [2.45, 2.75) is 12.3 Å². The third-order valence-corrected chi connectivity index (χ3v) is 2.31. The van der Waals surface area contributed by atoms with Crippen LogP contribution in [0, 0.1) is 17.1 Å². The van der Waals surface area contributed by atoms with Gasteiger partial charge in [0.25, 0.3) is 0 Å². The average molecular weight is 227 g/mol. The highest BCUT2D eigenvalue weighted by molar-refractivity contribution is 6.22. The molecule has 0 amide bonds. The molecule has 15 heavy (non-hydrogen) atoms. The second-order valence-corrected chi connectivity index (χ2v) is 3.64. The molecule has 0 aliphatic rings. The van der Waals surface area contributed by atoms with Crippen LogP contribution in [-0.2, 0) is 0 Å². The van der Waals surface area contributed by atoms with E-state index in [1.165, 1.54) is 12.1 Å². The van der Waals surface area contributed by atoms with Gasteiger partial charge in [0.05, 0.1) is 6.07 Å². The van der Waals surface area contributed by atoms with Crippen molar-refractivity contribution in [1.29, 1.82) is 5.26 Å². The van der Waals surface area contributed by atoms with Gasteiger partial charge in [-0.3, -0.25) is 0 Å². The van der Waals surface area contributed by atoms with Crippen LogP contribution in [-0.4, -0.2) is 18.5 Å². The molecule has 2 nitrogen and oxygen atoms in total. The number of hydrogen-bond acceptors (Lipinski definition) is 2. The molecule has 0 spiro atoms. The van der Waals surface area contributed by atoms with Crippen molar-refractivity contribution in [1.82, 2.24) is 0 Å². The van der Waals surface area contributed by atoms with E-state index >= 15 is 0 Å². The minimum atomic E-state index is -0.576. The normalized spacial score (nSPS) is 11.9. The van der Waals surface area contributed by atoms with Crippen molar-refractivity contribution < 1.29 is 4.39 Å². The second-order valence-electron chi connectivity index (χ2n) is 3.12. The first-order valence-electron chi connectivity index (χ1n) is 4.71. The monoisotopic (exact) mass is 226 g/mol. The van der Waals surface area contributed by atoms with Crippen LogP contribution < -0.4 is 4.90 Å². The fourth-order valence-electron chi connectivity index (χ4n) is 1.32. The van der Waals surface area contributed by atoms with E-state index in [0.29, 0.717) is 13.1 Å². The lowest BCUT2D eigenvalue weighted by Crippen LogP contribution is -2.29. The summed E-state index contributed by atoms with van der Waals surface area (Å²) in [5.41, 5.74) is 0.749. The zero-order valence-corrected chi connectivity index (χ0v) is 9.21. The molecule has 0 aliphatic heterocycles. The molecule has 1 aromatic rings. The molecule has 1 aromatic carbocycles. The van der Waals surface area contributed by atoms with E-state index in [-0.39, 0.29) is 5.82 Å². The first kappa shape index (κ1) is 11.8. The van der Waals surface area contributed by atoms with Gasteiger partial charge in [0, 0.05) is 18.8 Å². The van der Waals surface area contributed by atoms with E-state index in [0.717, 1.165) is 5.69 Å². The smallest absolute Gasteiger partial charge is 0.137 e. The Morgan fingerprint density at radius 1 is 1.60 bits per heavy atom. The van der Waals surface area contributed by atoms with Crippen molar-refractivity contribution in [3.63, 3.8) is 0 Å². The molecule has 0 radical (unpaired) electrons. The van der Waals surface area contributed by atoms with Crippen LogP contribution in [0.2, 0.25) is 0 Å². The maximum absolute atomic E-state index is 13.0. The van der Waals surface area contributed by atoms with Gasteiger partial charge in [-0.15, -0.1) is 11.6 Å². The van der Waals surface area contributed by atoms with Crippen LogP contribution in [0.25, 0.3) is 0 Å². The molecule has 80 valence electrons. The molecule has 0 saturated heterocycles. The first-order chi connectivity index (χ1) is 7.17. The standard InChI is InChI=1S/C11H12ClFN2/c1-2-15(8-9(12)7-14)11-5-3-4-10(13)6-11/h3-6,9H,2,8H2,1H3. The van der Waals surface area contributed by atoms with Crippen LogP contribution in [0.5, 0.6) is 0 Å². The van der Waals surface area contributed by atoms with Gasteiger partial charge in [0.15, 0.2) is 0 Å². The Morgan fingerprint density at radius 3 is 2.87 bits per heavy atom. The predicted octanol–water partition coefficient (Wildman–Crippen LogP) is 2.78. The second kappa shape index (κ2) is 5.57. The van der Waals surface area contributed by atoms with E-state index in [1.807, 2.05) is 17.9 Å². The van der Waals surface area contributed by atoms with Crippen molar-refractivity contribution in [3.8, 4) is 6.07 Å². The van der Waals surface area contributed by atoms with Crippen molar-refractivity contribution in [2.24, 2.45) is 0 Å². The molecule has 0 aromatic heterocycles. The Hall–Kier alpha value is -1.27. The van der Waals surface area contributed by atoms with Gasteiger partial charge in [-0.25, -0.2) is 4.39 Å². The van der Waals surface area contributed by atoms with Gasteiger partial charge in [-0.05, 0) is 25.1 Å². The maximum Gasteiger partial charge on any atom is 0.137 e. The number of nitriles is 1. The summed E-state index contributed by atoms with van der Waals surface area (Å²) < 4.78 is 13.0. The summed E-state index contributed by atoms with van der Waals surface area (Å²) in [5, 5.41) is 8.02. The predicted molar refractivity (Wildman–Crippen MR) is 59.5 cm³/mol. The molecule has 0 heterocycles. The van der Waals surface area contributed by atoms with E-state index in [9.17, 15) is 4.39 Å². The molecule has 4 heteroatoms. The Kier molecular flexibility index (Phi) is 4.38. The summed E-state index contributed by atoms with van der Waals surface area (Å²) in [5.74, 6) is -0.283. The summed E-state index contributed by atoms with van der Waals surface area (Å²) >= 11 is 5.73. The SMILES string of the molecule is CCN(CC(Cl)C#N)c1cccc(F)c1. The van der Waals surface area contributed by atoms with E-state index in [4.69, 9.17) is 16.9 Å². The molecule has 0 saturated carbocycles.